The van der Waals surface area contributed by atoms with Crippen LogP contribution in [-0.4, -0.2) is 49.3 Å². The standard InChI is InChI=1S/C13H20FN3O/c14-13-11-16-4-2-12(13)10-15-3-1-5-17-6-8-18-9-7-17/h2,4,11,15H,1,3,5-10H2. The summed E-state index contributed by atoms with van der Waals surface area (Å²) in [5.74, 6) is -0.238. The van der Waals surface area contributed by atoms with Gasteiger partial charge in [-0.2, -0.15) is 0 Å². The number of nitrogens with one attached hydrogen (secondary N) is 1. The van der Waals surface area contributed by atoms with Crippen molar-refractivity contribution >= 4 is 0 Å². The number of ether oxygens (including phenoxy) is 1. The van der Waals surface area contributed by atoms with Gasteiger partial charge in [0.15, 0.2) is 0 Å². The molecule has 1 fully saturated rings. The molecule has 0 amide bonds. The van der Waals surface area contributed by atoms with E-state index in [-0.39, 0.29) is 5.82 Å². The molecule has 0 atom stereocenters. The van der Waals surface area contributed by atoms with Crippen LogP contribution in [0.1, 0.15) is 12.0 Å². The summed E-state index contributed by atoms with van der Waals surface area (Å²) in [6.45, 7) is 6.29. The number of halogens is 1. The molecule has 0 saturated carbocycles. The third-order valence-electron chi connectivity index (χ3n) is 3.10. The molecular formula is C13H20FN3O. The molecule has 1 aromatic heterocycles. The first kappa shape index (κ1) is 13.4. The quantitative estimate of drug-likeness (QED) is 0.769. The zero-order valence-electron chi connectivity index (χ0n) is 10.6. The summed E-state index contributed by atoms with van der Waals surface area (Å²) >= 11 is 0. The fourth-order valence-corrected chi connectivity index (χ4v) is 2.02. The van der Waals surface area contributed by atoms with Crippen molar-refractivity contribution in [3.8, 4) is 0 Å². The van der Waals surface area contributed by atoms with E-state index in [1.165, 1.54) is 6.20 Å². The van der Waals surface area contributed by atoms with Crippen LogP contribution in [-0.2, 0) is 11.3 Å². The third kappa shape index (κ3) is 4.33. The highest BCUT2D eigenvalue weighted by Crippen LogP contribution is 2.03. The summed E-state index contributed by atoms with van der Waals surface area (Å²) in [4.78, 5) is 6.13. The topological polar surface area (TPSA) is 37.4 Å². The van der Waals surface area contributed by atoms with E-state index in [0.29, 0.717) is 12.1 Å². The minimum Gasteiger partial charge on any atom is -0.379 e. The molecule has 18 heavy (non-hydrogen) atoms. The molecule has 1 aliphatic heterocycles. The van der Waals surface area contributed by atoms with E-state index < -0.39 is 0 Å². The Balaban J connectivity index is 1.57. The van der Waals surface area contributed by atoms with Crippen molar-refractivity contribution in [2.75, 3.05) is 39.4 Å². The molecule has 0 aromatic carbocycles. The molecule has 5 heteroatoms. The zero-order valence-corrected chi connectivity index (χ0v) is 10.6. The molecule has 2 heterocycles. The Bertz CT molecular complexity index is 356. The molecule has 0 spiro atoms. The van der Waals surface area contributed by atoms with Crippen LogP contribution in [0.4, 0.5) is 4.39 Å². The van der Waals surface area contributed by atoms with Gasteiger partial charge in [0.25, 0.3) is 0 Å². The number of nitrogens with zero attached hydrogens (tertiary/aromatic N) is 2. The summed E-state index contributed by atoms with van der Waals surface area (Å²) in [5, 5.41) is 3.26. The average molecular weight is 253 g/mol. The molecule has 0 aliphatic carbocycles. The summed E-state index contributed by atoms with van der Waals surface area (Å²) in [6, 6.07) is 1.71. The lowest BCUT2D eigenvalue weighted by molar-refractivity contribution is 0.0374. The normalized spacial score (nSPS) is 16.9. The van der Waals surface area contributed by atoms with E-state index >= 15 is 0 Å². The van der Waals surface area contributed by atoms with Crippen LogP contribution >= 0.6 is 0 Å². The monoisotopic (exact) mass is 253 g/mol. The Morgan fingerprint density at radius 1 is 1.39 bits per heavy atom. The first-order valence-corrected chi connectivity index (χ1v) is 6.45. The van der Waals surface area contributed by atoms with Gasteiger partial charge in [-0.15, -0.1) is 0 Å². The number of pyridine rings is 1. The molecule has 0 radical (unpaired) electrons. The predicted octanol–water partition coefficient (Wildman–Crippen LogP) is 1.03. The summed E-state index contributed by atoms with van der Waals surface area (Å²) < 4.78 is 18.6. The van der Waals surface area contributed by atoms with Crippen LogP contribution in [0.3, 0.4) is 0 Å². The first-order valence-electron chi connectivity index (χ1n) is 6.45. The van der Waals surface area contributed by atoms with Gasteiger partial charge in [-0.05, 0) is 25.6 Å². The van der Waals surface area contributed by atoms with Gasteiger partial charge in [0.2, 0.25) is 0 Å². The highest BCUT2D eigenvalue weighted by molar-refractivity contribution is 5.11. The van der Waals surface area contributed by atoms with Crippen LogP contribution in [0, 0.1) is 5.82 Å². The van der Waals surface area contributed by atoms with Crippen LogP contribution in [0.5, 0.6) is 0 Å². The van der Waals surface area contributed by atoms with Gasteiger partial charge in [-0.3, -0.25) is 9.88 Å². The number of rotatable bonds is 6. The zero-order chi connectivity index (χ0) is 12.6. The van der Waals surface area contributed by atoms with Gasteiger partial charge in [0.1, 0.15) is 5.82 Å². The second kappa shape index (κ2) is 7.41. The Kier molecular flexibility index (Phi) is 5.51. The fraction of sp³-hybridized carbons (Fsp3) is 0.615. The van der Waals surface area contributed by atoms with E-state index in [2.05, 4.69) is 15.2 Å². The summed E-state index contributed by atoms with van der Waals surface area (Å²) in [7, 11) is 0. The van der Waals surface area contributed by atoms with Gasteiger partial charge in [0.05, 0.1) is 19.4 Å². The van der Waals surface area contributed by atoms with E-state index in [1.54, 1.807) is 12.3 Å². The lowest BCUT2D eigenvalue weighted by Crippen LogP contribution is -2.37. The first-order chi connectivity index (χ1) is 8.86. The minimum atomic E-state index is -0.238. The maximum atomic E-state index is 13.3. The van der Waals surface area contributed by atoms with Gasteiger partial charge in [0, 0.05) is 31.4 Å². The summed E-state index contributed by atoms with van der Waals surface area (Å²) in [5.41, 5.74) is 0.677. The lowest BCUT2D eigenvalue weighted by atomic mass is 10.2. The van der Waals surface area contributed by atoms with Gasteiger partial charge in [-0.1, -0.05) is 0 Å². The molecule has 1 aromatic rings. The molecule has 0 unspecified atom stereocenters. The van der Waals surface area contributed by atoms with Gasteiger partial charge < -0.3 is 10.1 Å². The van der Waals surface area contributed by atoms with Crippen molar-refractivity contribution in [2.24, 2.45) is 0 Å². The SMILES string of the molecule is Fc1cnccc1CNCCCN1CCOCC1. The van der Waals surface area contributed by atoms with Crippen LogP contribution in [0.15, 0.2) is 18.5 Å². The Hall–Kier alpha value is -1.04. The second-order valence-corrected chi connectivity index (χ2v) is 4.45. The predicted molar refractivity (Wildman–Crippen MR) is 67.8 cm³/mol. The van der Waals surface area contributed by atoms with E-state index in [1.807, 2.05) is 0 Å². The smallest absolute Gasteiger partial charge is 0.145 e. The van der Waals surface area contributed by atoms with Gasteiger partial charge >= 0.3 is 0 Å². The maximum absolute atomic E-state index is 13.3. The largest absolute Gasteiger partial charge is 0.379 e. The molecule has 100 valence electrons. The number of hydrogen-bond donors (Lipinski definition) is 1. The van der Waals surface area contributed by atoms with E-state index in [9.17, 15) is 4.39 Å². The Labute approximate surface area is 107 Å². The second-order valence-electron chi connectivity index (χ2n) is 4.45. The molecule has 1 N–H and O–H groups in total. The van der Waals surface area contributed by atoms with Crippen LogP contribution in [0.25, 0.3) is 0 Å². The molecule has 2 rings (SSSR count). The highest BCUT2D eigenvalue weighted by atomic mass is 19.1. The highest BCUT2D eigenvalue weighted by Gasteiger charge is 2.09. The van der Waals surface area contributed by atoms with Crippen molar-refractivity contribution < 1.29 is 9.13 Å². The van der Waals surface area contributed by atoms with Crippen LogP contribution in [0.2, 0.25) is 0 Å². The molecule has 4 nitrogen and oxygen atoms in total. The van der Waals surface area contributed by atoms with Gasteiger partial charge in [-0.25, -0.2) is 4.39 Å². The number of aromatic nitrogens is 1. The average Bonchev–Trinajstić information content (AvgIpc) is 2.42. The molecule has 0 bridgehead atoms. The van der Waals surface area contributed by atoms with Crippen molar-refractivity contribution in [1.29, 1.82) is 0 Å². The fourth-order valence-electron chi connectivity index (χ4n) is 2.02. The van der Waals surface area contributed by atoms with Crippen LogP contribution < -0.4 is 5.32 Å². The minimum absolute atomic E-state index is 0.238. The number of morpholine rings is 1. The van der Waals surface area contributed by atoms with E-state index in [0.717, 1.165) is 45.8 Å². The molecular weight excluding hydrogens is 233 g/mol. The van der Waals surface area contributed by atoms with Crippen molar-refractivity contribution in [2.45, 2.75) is 13.0 Å². The Morgan fingerprint density at radius 3 is 3.00 bits per heavy atom. The Morgan fingerprint density at radius 2 is 2.22 bits per heavy atom. The molecule has 1 saturated heterocycles. The lowest BCUT2D eigenvalue weighted by Gasteiger charge is -2.26. The summed E-state index contributed by atoms with van der Waals surface area (Å²) in [6.07, 6.45) is 3.95. The molecule has 1 aliphatic rings. The van der Waals surface area contributed by atoms with Crippen molar-refractivity contribution in [1.82, 2.24) is 15.2 Å². The van der Waals surface area contributed by atoms with E-state index in [4.69, 9.17) is 4.74 Å². The maximum Gasteiger partial charge on any atom is 0.145 e. The number of hydrogen-bond acceptors (Lipinski definition) is 4. The third-order valence-corrected chi connectivity index (χ3v) is 3.10. The van der Waals surface area contributed by atoms with Crippen molar-refractivity contribution in [3.63, 3.8) is 0 Å². The van der Waals surface area contributed by atoms with Crippen molar-refractivity contribution in [3.05, 3.63) is 29.8 Å².